The molecule has 0 amide bonds. The second-order valence-electron chi connectivity index (χ2n) is 6.75. The molecule has 4 heteroatoms. The maximum Gasteiger partial charge on any atom is 0.158 e. The Morgan fingerprint density at radius 3 is 2.55 bits per heavy atom. The summed E-state index contributed by atoms with van der Waals surface area (Å²) in [7, 11) is 1.81. The Morgan fingerprint density at radius 2 is 1.91 bits per heavy atom. The fourth-order valence-corrected chi connectivity index (χ4v) is 3.99. The zero-order valence-corrected chi connectivity index (χ0v) is 13.6. The molecule has 2 aromatic rings. The summed E-state index contributed by atoms with van der Waals surface area (Å²) in [6, 6.07) is 0. The molecule has 4 rings (SSSR count). The van der Waals surface area contributed by atoms with Crippen molar-refractivity contribution in [3.63, 3.8) is 0 Å². The van der Waals surface area contributed by atoms with Gasteiger partial charge in [0, 0.05) is 23.4 Å². The molecule has 2 aromatic heterocycles. The number of ether oxygens (including phenoxy) is 1. The average Bonchev–Trinajstić information content (AvgIpc) is 3.33. The van der Waals surface area contributed by atoms with Crippen LogP contribution in [0.1, 0.15) is 75.0 Å². The van der Waals surface area contributed by atoms with Crippen molar-refractivity contribution in [1.82, 2.24) is 14.8 Å². The molecule has 0 aromatic carbocycles. The Kier molecular flexibility index (Phi) is 3.55. The fourth-order valence-electron chi connectivity index (χ4n) is 3.99. The molecule has 0 radical (unpaired) electrons. The minimum Gasteiger partial charge on any atom is -0.495 e. The van der Waals surface area contributed by atoms with Crippen molar-refractivity contribution < 1.29 is 4.74 Å². The van der Waals surface area contributed by atoms with Crippen LogP contribution in [0.3, 0.4) is 0 Å². The van der Waals surface area contributed by atoms with Crippen molar-refractivity contribution in [3.8, 4) is 5.75 Å². The Labute approximate surface area is 131 Å². The molecule has 2 heterocycles. The van der Waals surface area contributed by atoms with E-state index in [0.717, 1.165) is 17.9 Å². The number of pyridine rings is 1. The van der Waals surface area contributed by atoms with Gasteiger partial charge in [-0.2, -0.15) is 5.10 Å². The van der Waals surface area contributed by atoms with E-state index in [-0.39, 0.29) is 0 Å². The van der Waals surface area contributed by atoms with Crippen molar-refractivity contribution in [2.45, 2.75) is 70.3 Å². The lowest BCUT2D eigenvalue weighted by molar-refractivity contribution is 0.383. The van der Waals surface area contributed by atoms with Gasteiger partial charge in [-0.3, -0.25) is 0 Å². The minimum atomic E-state index is 0.599. The predicted molar refractivity (Wildman–Crippen MR) is 87.6 cm³/mol. The van der Waals surface area contributed by atoms with E-state index in [9.17, 15) is 0 Å². The Bertz CT molecular complexity index is 681. The van der Waals surface area contributed by atoms with E-state index in [1.807, 2.05) is 18.0 Å². The zero-order valence-electron chi connectivity index (χ0n) is 13.6. The number of hydrogen-bond donors (Lipinski definition) is 0. The van der Waals surface area contributed by atoms with Crippen molar-refractivity contribution in [3.05, 3.63) is 17.5 Å². The second-order valence-corrected chi connectivity index (χ2v) is 6.75. The first-order valence-electron chi connectivity index (χ1n) is 8.76. The number of rotatable bonds is 4. The van der Waals surface area contributed by atoms with Gasteiger partial charge < -0.3 is 4.74 Å². The van der Waals surface area contributed by atoms with E-state index < -0.39 is 0 Å². The topological polar surface area (TPSA) is 39.9 Å². The maximum atomic E-state index is 5.88. The molecule has 2 saturated carbocycles. The van der Waals surface area contributed by atoms with Gasteiger partial charge in [0.25, 0.3) is 0 Å². The van der Waals surface area contributed by atoms with Crippen LogP contribution >= 0.6 is 0 Å². The molecule has 0 N–H and O–H groups in total. The molecular weight excluding hydrogens is 274 g/mol. The van der Waals surface area contributed by atoms with Gasteiger partial charge in [0.2, 0.25) is 0 Å². The zero-order chi connectivity index (χ0) is 15.1. The van der Waals surface area contributed by atoms with Gasteiger partial charge in [0.15, 0.2) is 5.65 Å². The number of aromatic nitrogens is 3. The molecular formula is C18H25N3O. The largest absolute Gasteiger partial charge is 0.495 e. The predicted octanol–water partition coefficient (Wildman–Crippen LogP) is 4.38. The molecule has 2 aliphatic carbocycles. The van der Waals surface area contributed by atoms with Gasteiger partial charge in [0.05, 0.1) is 19.0 Å². The standard InChI is InChI=1S/C18H25N3O/c1-3-21-18-14(11-19-21)15(12-7-5-4-6-8-12)17(22-2)16(20-18)13-9-10-13/h11-13H,3-10H2,1-2H3. The summed E-state index contributed by atoms with van der Waals surface area (Å²) in [5.41, 5.74) is 3.64. The summed E-state index contributed by atoms with van der Waals surface area (Å²) >= 11 is 0. The molecule has 118 valence electrons. The normalized spacial score (nSPS) is 19.7. The third-order valence-electron chi connectivity index (χ3n) is 5.29. The van der Waals surface area contributed by atoms with Gasteiger partial charge in [-0.25, -0.2) is 9.67 Å². The monoisotopic (exact) mass is 299 g/mol. The van der Waals surface area contributed by atoms with E-state index in [0.29, 0.717) is 11.8 Å². The first-order valence-corrected chi connectivity index (χ1v) is 8.76. The molecule has 2 fully saturated rings. The molecule has 2 aliphatic rings. The number of aryl methyl sites for hydroxylation is 1. The highest BCUT2D eigenvalue weighted by atomic mass is 16.5. The second kappa shape index (κ2) is 5.56. The average molecular weight is 299 g/mol. The summed E-state index contributed by atoms with van der Waals surface area (Å²) in [4.78, 5) is 4.97. The number of nitrogens with zero attached hydrogens (tertiary/aromatic N) is 3. The quantitative estimate of drug-likeness (QED) is 0.841. The molecule has 22 heavy (non-hydrogen) atoms. The maximum absolute atomic E-state index is 5.88. The lowest BCUT2D eigenvalue weighted by Crippen LogP contribution is -2.10. The van der Waals surface area contributed by atoms with Crippen LogP contribution in [-0.4, -0.2) is 21.9 Å². The molecule has 4 nitrogen and oxygen atoms in total. The fraction of sp³-hybridized carbons (Fsp3) is 0.667. The molecule has 0 unspecified atom stereocenters. The van der Waals surface area contributed by atoms with Crippen LogP contribution < -0.4 is 4.74 Å². The van der Waals surface area contributed by atoms with Crippen LogP contribution in [0.2, 0.25) is 0 Å². The first kappa shape index (κ1) is 14.0. The van der Waals surface area contributed by atoms with Crippen molar-refractivity contribution in [1.29, 1.82) is 0 Å². The Balaban J connectivity index is 1.95. The Hall–Kier alpha value is -1.58. The molecule has 0 spiro atoms. The highest BCUT2D eigenvalue weighted by Crippen LogP contribution is 2.49. The van der Waals surface area contributed by atoms with Gasteiger partial charge in [-0.15, -0.1) is 0 Å². The number of fused-ring (bicyclic) bond motifs is 1. The highest BCUT2D eigenvalue weighted by Gasteiger charge is 2.33. The summed E-state index contributed by atoms with van der Waals surface area (Å²) < 4.78 is 7.92. The van der Waals surface area contributed by atoms with Crippen LogP contribution in [0, 0.1) is 0 Å². The van der Waals surface area contributed by atoms with Gasteiger partial charge >= 0.3 is 0 Å². The van der Waals surface area contributed by atoms with Crippen LogP contribution in [0.15, 0.2) is 6.20 Å². The summed E-state index contributed by atoms with van der Waals surface area (Å²) in [6.45, 7) is 3.01. The van der Waals surface area contributed by atoms with Gasteiger partial charge in [-0.1, -0.05) is 19.3 Å². The van der Waals surface area contributed by atoms with Crippen molar-refractivity contribution in [2.24, 2.45) is 0 Å². The van der Waals surface area contributed by atoms with E-state index in [4.69, 9.17) is 9.72 Å². The lowest BCUT2D eigenvalue weighted by atomic mass is 9.82. The number of methoxy groups -OCH3 is 1. The minimum absolute atomic E-state index is 0.599. The lowest BCUT2D eigenvalue weighted by Gasteiger charge is -2.25. The van der Waals surface area contributed by atoms with Gasteiger partial charge in [-0.05, 0) is 38.5 Å². The van der Waals surface area contributed by atoms with E-state index in [2.05, 4.69) is 12.0 Å². The third kappa shape index (κ3) is 2.20. The van der Waals surface area contributed by atoms with E-state index in [1.165, 1.54) is 61.6 Å². The van der Waals surface area contributed by atoms with Crippen LogP contribution in [-0.2, 0) is 6.54 Å². The molecule has 0 aliphatic heterocycles. The third-order valence-corrected chi connectivity index (χ3v) is 5.29. The van der Waals surface area contributed by atoms with Crippen LogP contribution in [0.5, 0.6) is 5.75 Å². The first-order chi connectivity index (χ1) is 10.8. The summed E-state index contributed by atoms with van der Waals surface area (Å²) in [5.74, 6) is 2.28. The van der Waals surface area contributed by atoms with Crippen molar-refractivity contribution in [2.75, 3.05) is 7.11 Å². The molecule has 0 saturated heterocycles. The molecule has 0 atom stereocenters. The van der Waals surface area contributed by atoms with E-state index >= 15 is 0 Å². The van der Waals surface area contributed by atoms with E-state index in [1.54, 1.807) is 0 Å². The van der Waals surface area contributed by atoms with Crippen LogP contribution in [0.4, 0.5) is 0 Å². The summed E-state index contributed by atoms with van der Waals surface area (Å²) in [5, 5.41) is 5.78. The SMILES string of the molecule is CCn1ncc2c(C3CCCCC3)c(OC)c(C3CC3)nc21. The number of hydrogen-bond acceptors (Lipinski definition) is 3. The van der Waals surface area contributed by atoms with Gasteiger partial charge in [0.1, 0.15) is 5.75 Å². The molecule has 0 bridgehead atoms. The summed E-state index contributed by atoms with van der Waals surface area (Å²) in [6.07, 6.45) is 11.1. The van der Waals surface area contributed by atoms with Crippen LogP contribution in [0.25, 0.3) is 11.0 Å². The van der Waals surface area contributed by atoms with Crippen molar-refractivity contribution >= 4 is 11.0 Å². The Morgan fingerprint density at radius 1 is 1.14 bits per heavy atom. The highest BCUT2D eigenvalue weighted by molar-refractivity contribution is 5.83. The smallest absolute Gasteiger partial charge is 0.158 e.